The van der Waals surface area contributed by atoms with Crippen molar-refractivity contribution in [2.24, 2.45) is 5.92 Å². The summed E-state index contributed by atoms with van der Waals surface area (Å²) in [5.74, 6) is 0.621. The van der Waals surface area contributed by atoms with Gasteiger partial charge in [-0.2, -0.15) is 0 Å². The number of hydrogen-bond acceptors (Lipinski definition) is 4. The van der Waals surface area contributed by atoms with Crippen molar-refractivity contribution >= 4 is 17.6 Å². The lowest BCUT2D eigenvalue weighted by Gasteiger charge is -2.09. The van der Waals surface area contributed by atoms with E-state index < -0.39 is 0 Å². The Morgan fingerprint density at radius 3 is 3.00 bits per heavy atom. The lowest BCUT2D eigenvalue weighted by atomic mass is 10.2. The van der Waals surface area contributed by atoms with Gasteiger partial charge in [-0.15, -0.1) is 11.3 Å². The second-order valence-electron chi connectivity index (χ2n) is 3.22. The molecule has 1 heterocycles. The Bertz CT molecular complexity index is 306. The first-order valence-corrected chi connectivity index (χ1v) is 5.16. The highest BCUT2D eigenvalue weighted by Gasteiger charge is 2.34. The summed E-state index contributed by atoms with van der Waals surface area (Å²) in [6, 6.07) is 0. The minimum atomic E-state index is 0.110. The molecule has 70 valence electrons. The molecule has 1 atom stereocenters. The van der Waals surface area contributed by atoms with Crippen LogP contribution in [0.25, 0.3) is 0 Å². The highest BCUT2D eigenvalue weighted by molar-refractivity contribution is 7.09. The summed E-state index contributed by atoms with van der Waals surface area (Å²) in [5, 5.41) is 2.71. The molecule has 13 heavy (non-hydrogen) atoms. The van der Waals surface area contributed by atoms with E-state index in [1.54, 1.807) is 12.5 Å². The molecule has 1 aromatic heterocycles. The summed E-state index contributed by atoms with van der Waals surface area (Å²) < 4.78 is 5.35. The Hall–Kier alpha value is -0.740. The quantitative estimate of drug-likeness (QED) is 0.693. The highest BCUT2D eigenvalue weighted by atomic mass is 32.1. The fourth-order valence-electron chi connectivity index (χ4n) is 1.38. The third-order valence-corrected chi connectivity index (χ3v) is 3.13. The molecule has 0 bridgehead atoms. The summed E-state index contributed by atoms with van der Waals surface area (Å²) in [7, 11) is 1.70. The number of methoxy groups -OCH3 is 1. The number of thiazole rings is 1. The second-order valence-corrected chi connectivity index (χ2v) is 4.11. The van der Waals surface area contributed by atoms with Crippen molar-refractivity contribution in [3.8, 4) is 0 Å². The first kappa shape index (κ1) is 8.84. The molecule has 1 aliphatic carbocycles. The minimum absolute atomic E-state index is 0.110. The van der Waals surface area contributed by atoms with Gasteiger partial charge in [0.05, 0.1) is 0 Å². The number of aromatic nitrogens is 1. The molecular formula is C9H11NO2S. The number of rotatable bonds is 4. The van der Waals surface area contributed by atoms with Gasteiger partial charge in [0.2, 0.25) is 0 Å². The van der Waals surface area contributed by atoms with Gasteiger partial charge >= 0.3 is 0 Å². The van der Waals surface area contributed by atoms with Crippen molar-refractivity contribution in [2.75, 3.05) is 7.11 Å². The SMILES string of the molecule is COC(c1nc(C=O)cs1)C1CC1. The molecule has 0 aromatic carbocycles. The van der Waals surface area contributed by atoms with E-state index in [0.717, 1.165) is 11.3 Å². The van der Waals surface area contributed by atoms with Gasteiger partial charge in [-0.25, -0.2) is 4.98 Å². The summed E-state index contributed by atoms with van der Waals surface area (Å²) in [5.41, 5.74) is 0.516. The fraction of sp³-hybridized carbons (Fsp3) is 0.556. The van der Waals surface area contributed by atoms with E-state index >= 15 is 0 Å². The standard InChI is InChI=1S/C9H11NO2S/c1-12-8(6-2-3-6)9-10-7(4-11)5-13-9/h4-6,8H,2-3H2,1H3. The van der Waals surface area contributed by atoms with Crippen molar-refractivity contribution in [3.63, 3.8) is 0 Å². The van der Waals surface area contributed by atoms with E-state index in [1.807, 2.05) is 0 Å². The van der Waals surface area contributed by atoms with Crippen LogP contribution in [0.2, 0.25) is 0 Å². The van der Waals surface area contributed by atoms with Crippen LogP contribution in [0.3, 0.4) is 0 Å². The third kappa shape index (κ3) is 1.78. The topological polar surface area (TPSA) is 39.2 Å². The Balaban J connectivity index is 2.16. The Labute approximate surface area is 80.8 Å². The molecule has 0 amide bonds. The van der Waals surface area contributed by atoms with Crippen LogP contribution in [0, 0.1) is 5.92 Å². The van der Waals surface area contributed by atoms with Gasteiger partial charge in [0.25, 0.3) is 0 Å². The van der Waals surface area contributed by atoms with Crippen LogP contribution in [0.1, 0.15) is 34.4 Å². The minimum Gasteiger partial charge on any atom is -0.374 e. The monoisotopic (exact) mass is 197 g/mol. The summed E-state index contributed by atoms with van der Waals surface area (Å²) >= 11 is 1.51. The lowest BCUT2D eigenvalue weighted by molar-refractivity contribution is 0.0842. The van der Waals surface area contributed by atoms with Crippen LogP contribution in [0.5, 0.6) is 0 Å². The van der Waals surface area contributed by atoms with E-state index in [0.29, 0.717) is 11.6 Å². The van der Waals surface area contributed by atoms with Gasteiger partial charge in [-0.3, -0.25) is 4.79 Å². The average molecular weight is 197 g/mol. The van der Waals surface area contributed by atoms with Crippen molar-refractivity contribution < 1.29 is 9.53 Å². The zero-order valence-electron chi connectivity index (χ0n) is 7.40. The fourth-order valence-corrected chi connectivity index (χ4v) is 2.31. The summed E-state index contributed by atoms with van der Waals surface area (Å²) in [4.78, 5) is 14.6. The maximum absolute atomic E-state index is 10.4. The van der Waals surface area contributed by atoms with Crippen LogP contribution in [-0.2, 0) is 4.74 Å². The molecule has 2 rings (SSSR count). The maximum atomic E-state index is 10.4. The van der Waals surface area contributed by atoms with Crippen LogP contribution in [0.15, 0.2) is 5.38 Å². The zero-order chi connectivity index (χ0) is 9.26. The first-order chi connectivity index (χ1) is 6.35. The molecule has 0 radical (unpaired) electrons. The van der Waals surface area contributed by atoms with Crippen molar-refractivity contribution in [1.29, 1.82) is 0 Å². The molecule has 4 heteroatoms. The molecule has 3 nitrogen and oxygen atoms in total. The number of nitrogens with zero attached hydrogens (tertiary/aromatic N) is 1. The third-order valence-electron chi connectivity index (χ3n) is 2.21. The van der Waals surface area contributed by atoms with Crippen molar-refractivity contribution in [1.82, 2.24) is 4.98 Å². The van der Waals surface area contributed by atoms with Crippen LogP contribution >= 0.6 is 11.3 Å². The van der Waals surface area contributed by atoms with Gasteiger partial charge in [0, 0.05) is 12.5 Å². The predicted molar refractivity (Wildman–Crippen MR) is 50.0 cm³/mol. The van der Waals surface area contributed by atoms with Crippen LogP contribution in [0.4, 0.5) is 0 Å². The van der Waals surface area contributed by atoms with Crippen LogP contribution in [-0.4, -0.2) is 18.4 Å². The number of hydrogen-bond donors (Lipinski definition) is 0. The van der Waals surface area contributed by atoms with Crippen molar-refractivity contribution in [3.05, 3.63) is 16.1 Å². The first-order valence-electron chi connectivity index (χ1n) is 4.28. The van der Waals surface area contributed by atoms with E-state index in [1.165, 1.54) is 24.2 Å². The van der Waals surface area contributed by atoms with E-state index in [9.17, 15) is 4.79 Å². The van der Waals surface area contributed by atoms with Gasteiger partial charge in [0.1, 0.15) is 16.8 Å². The van der Waals surface area contributed by atoms with E-state index in [-0.39, 0.29) is 6.10 Å². The lowest BCUT2D eigenvalue weighted by Crippen LogP contribution is -2.03. The molecule has 1 aliphatic rings. The number of carbonyl (C=O) groups is 1. The van der Waals surface area contributed by atoms with Gasteiger partial charge in [-0.1, -0.05) is 0 Å². The summed E-state index contributed by atoms with van der Waals surface area (Å²) in [6.45, 7) is 0. The molecule has 1 unspecified atom stereocenters. The van der Waals surface area contributed by atoms with Gasteiger partial charge in [-0.05, 0) is 18.8 Å². The van der Waals surface area contributed by atoms with E-state index in [4.69, 9.17) is 4.74 Å². The largest absolute Gasteiger partial charge is 0.374 e. The van der Waals surface area contributed by atoms with Gasteiger partial charge < -0.3 is 4.74 Å². The van der Waals surface area contributed by atoms with E-state index in [2.05, 4.69) is 4.98 Å². The molecule has 0 N–H and O–H groups in total. The number of aldehydes is 1. The average Bonchev–Trinajstić information content (AvgIpc) is 2.85. The number of ether oxygens (including phenoxy) is 1. The van der Waals surface area contributed by atoms with Gasteiger partial charge in [0.15, 0.2) is 6.29 Å². The zero-order valence-corrected chi connectivity index (χ0v) is 8.21. The molecule has 0 spiro atoms. The normalized spacial score (nSPS) is 18.5. The highest BCUT2D eigenvalue weighted by Crippen LogP contribution is 2.43. The predicted octanol–water partition coefficient (Wildman–Crippen LogP) is 2.05. The molecular weight excluding hydrogens is 186 g/mol. The molecule has 1 fully saturated rings. The summed E-state index contributed by atoms with van der Waals surface area (Å²) in [6.07, 6.45) is 3.32. The molecule has 1 aromatic rings. The maximum Gasteiger partial charge on any atom is 0.169 e. The molecule has 0 aliphatic heterocycles. The Kier molecular flexibility index (Phi) is 2.42. The molecule has 0 saturated heterocycles. The molecule has 1 saturated carbocycles. The second kappa shape index (κ2) is 3.55. The smallest absolute Gasteiger partial charge is 0.169 e. The number of carbonyl (C=O) groups excluding carboxylic acids is 1. The Morgan fingerprint density at radius 2 is 2.54 bits per heavy atom. The Morgan fingerprint density at radius 1 is 1.77 bits per heavy atom. The van der Waals surface area contributed by atoms with Crippen LogP contribution < -0.4 is 0 Å². The van der Waals surface area contributed by atoms with Crippen molar-refractivity contribution in [2.45, 2.75) is 18.9 Å².